The molecule has 132 valence electrons. The van der Waals surface area contributed by atoms with Crippen LogP contribution in [-0.4, -0.2) is 18.0 Å². The third-order valence-corrected chi connectivity index (χ3v) is 4.15. The van der Waals surface area contributed by atoms with Gasteiger partial charge in [-0.05, 0) is 29.8 Å². The molecule has 2 aromatic carbocycles. The van der Waals surface area contributed by atoms with Crippen molar-refractivity contribution in [1.82, 2.24) is 10.3 Å². The number of pyridine rings is 1. The van der Waals surface area contributed by atoms with Gasteiger partial charge in [0.15, 0.2) is 0 Å². The lowest BCUT2D eigenvalue weighted by molar-refractivity contribution is 0.0950. The van der Waals surface area contributed by atoms with Gasteiger partial charge in [-0.15, -0.1) is 0 Å². The number of aromatic nitrogens is 1. The summed E-state index contributed by atoms with van der Waals surface area (Å²) in [4.78, 5) is 16.6. The third kappa shape index (κ3) is 4.32. The van der Waals surface area contributed by atoms with E-state index in [0.29, 0.717) is 28.6 Å². The van der Waals surface area contributed by atoms with Crippen molar-refractivity contribution < 1.29 is 9.53 Å². The van der Waals surface area contributed by atoms with E-state index in [9.17, 15) is 4.79 Å². The Morgan fingerprint density at radius 1 is 1.12 bits per heavy atom. The van der Waals surface area contributed by atoms with Crippen molar-refractivity contribution >= 4 is 28.9 Å². The van der Waals surface area contributed by atoms with E-state index in [1.54, 1.807) is 25.4 Å². The van der Waals surface area contributed by atoms with Crippen molar-refractivity contribution in [3.05, 3.63) is 83.1 Å². The minimum atomic E-state index is -0.221. The van der Waals surface area contributed by atoms with Crippen LogP contribution in [0.2, 0.25) is 5.02 Å². The van der Waals surface area contributed by atoms with E-state index in [2.05, 4.69) is 15.6 Å². The van der Waals surface area contributed by atoms with E-state index in [4.69, 9.17) is 16.3 Å². The summed E-state index contributed by atoms with van der Waals surface area (Å²) in [5, 5.41) is 6.69. The molecule has 2 N–H and O–H groups in total. The van der Waals surface area contributed by atoms with Gasteiger partial charge in [0.25, 0.3) is 5.91 Å². The number of carbonyl (C=O) groups excluding carboxylic acids is 1. The molecule has 0 spiro atoms. The Balaban J connectivity index is 1.70. The Hall–Kier alpha value is -3.05. The molecule has 0 fully saturated rings. The van der Waals surface area contributed by atoms with Gasteiger partial charge < -0.3 is 15.4 Å². The summed E-state index contributed by atoms with van der Waals surface area (Å²) < 4.78 is 5.32. The molecule has 6 heteroatoms. The van der Waals surface area contributed by atoms with Crippen molar-refractivity contribution in [3.8, 4) is 5.75 Å². The fourth-order valence-corrected chi connectivity index (χ4v) is 2.66. The van der Waals surface area contributed by atoms with E-state index >= 15 is 0 Å². The number of hydrogen-bond acceptors (Lipinski definition) is 4. The summed E-state index contributed by atoms with van der Waals surface area (Å²) in [5.74, 6) is 0.488. The molecule has 1 heterocycles. The number of ether oxygens (including phenoxy) is 1. The van der Waals surface area contributed by atoms with Crippen LogP contribution in [0, 0.1) is 0 Å². The second-order valence-electron chi connectivity index (χ2n) is 5.56. The number of rotatable bonds is 6. The van der Waals surface area contributed by atoms with Crippen LogP contribution in [0.15, 0.2) is 67.0 Å². The van der Waals surface area contributed by atoms with Gasteiger partial charge in [0.1, 0.15) is 5.75 Å². The number of amides is 1. The highest BCUT2D eigenvalue weighted by Crippen LogP contribution is 2.26. The predicted octanol–water partition coefficient (Wildman–Crippen LogP) is 4.42. The molecule has 3 rings (SSSR count). The van der Waals surface area contributed by atoms with Gasteiger partial charge in [-0.1, -0.05) is 41.9 Å². The SMILES string of the molecule is COc1ccccc1Nc1cncc(C(=O)NCc2ccccc2Cl)c1. The summed E-state index contributed by atoms with van der Waals surface area (Å²) in [5.41, 5.74) is 2.81. The zero-order chi connectivity index (χ0) is 18.4. The average molecular weight is 368 g/mol. The van der Waals surface area contributed by atoms with Crippen LogP contribution in [0.3, 0.4) is 0 Å². The first-order valence-electron chi connectivity index (χ1n) is 8.04. The summed E-state index contributed by atoms with van der Waals surface area (Å²) >= 11 is 6.11. The first-order valence-corrected chi connectivity index (χ1v) is 8.42. The third-order valence-electron chi connectivity index (χ3n) is 3.78. The largest absolute Gasteiger partial charge is 0.495 e. The van der Waals surface area contributed by atoms with Crippen LogP contribution in [0.5, 0.6) is 5.75 Å². The maximum Gasteiger partial charge on any atom is 0.253 e. The monoisotopic (exact) mass is 367 g/mol. The lowest BCUT2D eigenvalue weighted by atomic mass is 10.2. The molecule has 0 bridgehead atoms. The van der Waals surface area contributed by atoms with Crippen LogP contribution in [0.1, 0.15) is 15.9 Å². The van der Waals surface area contributed by atoms with Crippen LogP contribution in [-0.2, 0) is 6.54 Å². The van der Waals surface area contributed by atoms with Gasteiger partial charge in [-0.2, -0.15) is 0 Å². The molecule has 26 heavy (non-hydrogen) atoms. The molecule has 0 saturated heterocycles. The summed E-state index contributed by atoms with van der Waals surface area (Å²) in [6.45, 7) is 0.350. The number of carbonyl (C=O) groups is 1. The maximum atomic E-state index is 12.4. The topological polar surface area (TPSA) is 63.2 Å². The molecule has 1 amide bonds. The minimum absolute atomic E-state index is 0.221. The quantitative estimate of drug-likeness (QED) is 0.677. The van der Waals surface area contributed by atoms with Crippen LogP contribution in [0.25, 0.3) is 0 Å². The van der Waals surface area contributed by atoms with Gasteiger partial charge in [0.05, 0.1) is 30.2 Å². The fourth-order valence-electron chi connectivity index (χ4n) is 2.46. The molecule has 0 atom stereocenters. The van der Waals surface area contributed by atoms with Crippen molar-refractivity contribution in [2.75, 3.05) is 12.4 Å². The highest BCUT2D eigenvalue weighted by molar-refractivity contribution is 6.31. The Morgan fingerprint density at radius 3 is 2.69 bits per heavy atom. The predicted molar refractivity (Wildman–Crippen MR) is 103 cm³/mol. The summed E-state index contributed by atoms with van der Waals surface area (Å²) in [7, 11) is 1.61. The lowest BCUT2D eigenvalue weighted by Gasteiger charge is -2.12. The highest BCUT2D eigenvalue weighted by Gasteiger charge is 2.09. The Labute approximate surface area is 157 Å². The van der Waals surface area contributed by atoms with E-state index in [-0.39, 0.29) is 5.91 Å². The van der Waals surface area contributed by atoms with Crippen molar-refractivity contribution in [2.24, 2.45) is 0 Å². The molecular formula is C20H18ClN3O2. The molecule has 0 aliphatic carbocycles. The van der Waals surface area contributed by atoms with Gasteiger partial charge in [0, 0.05) is 17.8 Å². The Kier molecular flexibility index (Phi) is 5.71. The average Bonchev–Trinajstić information content (AvgIpc) is 2.68. The number of methoxy groups -OCH3 is 1. The first kappa shape index (κ1) is 17.8. The van der Waals surface area contributed by atoms with Crippen LogP contribution in [0.4, 0.5) is 11.4 Å². The molecule has 0 saturated carbocycles. The summed E-state index contributed by atoms with van der Waals surface area (Å²) in [6.07, 6.45) is 3.17. The van der Waals surface area contributed by atoms with Crippen LogP contribution < -0.4 is 15.4 Å². The second-order valence-corrected chi connectivity index (χ2v) is 5.97. The number of anilines is 2. The van der Waals surface area contributed by atoms with Crippen molar-refractivity contribution in [1.29, 1.82) is 0 Å². The normalized spacial score (nSPS) is 10.2. The molecule has 0 aliphatic rings. The van der Waals surface area contributed by atoms with E-state index in [1.807, 2.05) is 42.5 Å². The molecule has 1 aromatic heterocycles. The van der Waals surface area contributed by atoms with Gasteiger partial charge >= 0.3 is 0 Å². The van der Waals surface area contributed by atoms with Gasteiger partial charge in [-0.3, -0.25) is 9.78 Å². The smallest absolute Gasteiger partial charge is 0.253 e. The molecule has 0 unspecified atom stereocenters. The number of nitrogens with zero attached hydrogens (tertiary/aromatic N) is 1. The first-order chi connectivity index (χ1) is 12.7. The zero-order valence-corrected chi connectivity index (χ0v) is 15.0. The van der Waals surface area contributed by atoms with E-state index in [1.165, 1.54) is 6.20 Å². The minimum Gasteiger partial charge on any atom is -0.495 e. The number of hydrogen-bond donors (Lipinski definition) is 2. The summed E-state index contributed by atoms with van der Waals surface area (Å²) in [6, 6.07) is 16.7. The highest BCUT2D eigenvalue weighted by atomic mass is 35.5. The Morgan fingerprint density at radius 2 is 1.88 bits per heavy atom. The van der Waals surface area contributed by atoms with Gasteiger partial charge in [0.2, 0.25) is 0 Å². The molecule has 0 aliphatic heterocycles. The van der Waals surface area contributed by atoms with Crippen molar-refractivity contribution in [3.63, 3.8) is 0 Å². The Bertz CT molecular complexity index is 915. The number of benzene rings is 2. The number of nitrogens with one attached hydrogen (secondary N) is 2. The van der Waals surface area contributed by atoms with Crippen LogP contribution >= 0.6 is 11.6 Å². The number of para-hydroxylation sites is 2. The second kappa shape index (κ2) is 8.36. The molecule has 0 radical (unpaired) electrons. The molecular weight excluding hydrogens is 350 g/mol. The molecule has 3 aromatic rings. The van der Waals surface area contributed by atoms with E-state index < -0.39 is 0 Å². The lowest BCUT2D eigenvalue weighted by Crippen LogP contribution is -2.23. The van der Waals surface area contributed by atoms with Gasteiger partial charge in [-0.25, -0.2) is 0 Å². The zero-order valence-electron chi connectivity index (χ0n) is 14.2. The number of halogens is 1. The standard InChI is InChI=1S/C20H18ClN3O2/c1-26-19-9-5-4-8-18(19)24-16-10-15(11-22-13-16)20(25)23-12-14-6-2-3-7-17(14)21/h2-11,13,24H,12H2,1H3,(H,23,25). The van der Waals surface area contributed by atoms with E-state index in [0.717, 1.165) is 11.3 Å². The maximum absolute atomic E-state index is 12.4. The van der Waals surface area contributed by atoms with Crippen molar-refractivity contribution in [2.45, 2.75) is 6.54 Å². The fraction of sp³-hybridized carbons (Fsp3) is 0.100. The molecule has 5 nitrogen and oxygen atoms in total.